The van der Waals surface area contributed by atoms with E-state index in [-0.39, 0.29) is 35.7 Å². The predicted octanol–water partition coefficient (Wildman–Crippen LogP) is 3.91. The number of carbonyl (C=O) groups is 1. The van der Waals surface area contributed by atoms with E-state index in [9.17, 15) is 9.18 Å². The maximum Gasteiger partial charge on any atom is 0.253 e. The minimum Gasteiger partial charge on any atom is -0.371 e. The van der Waals surface area contributed by atoms with Crippen molar-refractivity contribution in [3.63, 3.8) is 0 Å². The van der Waals surface area contributed by atoms with Crippen LogP contribution >= 0.6 is 24.0 Å². The van der Waals surface area contributed by atoms with Crippen LogP contribution in [0.5, 0.6) is 0 Å². The maximum atomic E-state index is 13.5. The number of benzene rings is 2. The minimum atomic E-state index is -0.194. The van der Waals surface area contributed by atoms with Gasteiger partial charge in [-0.2, -0.15) is 0 Å². The lowest BCUT2D eigenvalue weighted by atomic mass is 10.0. The summed E-state index contributed by atoms with van der Waals surface area (Å²) in [6.07, 6.45) is 2.70. The van der Waals surface area contributed by atoms with Gasteiger partial charge in [-0.3, -0.25) is 9.79 Å². The lowest BCUT2D eigenvalue weighted by Crippen LogP contribution is -2.48. The second-order valence-corrected chi connectivity index (χ2v) is 8.30. The van der Waals surface area contributed by atoms with Crippen molar-refractivity contribution >= 4 is 41.5 Å². The summed E-state index contributed by atoms with van der Waals surface area (Å²) in [5.41, 5.74) is 2.74. The van der Waals surface area contributed by atoms with Crippen molar-refractivity contribution in [3.05, 3.63) is 65.5 Å². The average Bonchev–Trinajstić information content (AvgIpc) is 2.79. The zero-order valence-electron chi connectivity index (χ0n) is 19.7. The molecular formula is C25H35FIN5O. The van der Waals surface area contributed by atoms with Crippen molar-refractivity contribution in [3.8, 4) is 0 Å². The molecule has 1 saturated heterocycles. The number of rotatable bonds is 7. The van der Waals surface area contributed by atoms with Gasteiger partial charge in [-0.05, 0) is 62.1 Å². The molecule has 1 heterocycles. The molecule has 0 unspecified atom stereocenters. The van der Waals surface area contributed by atoms with E-state index in [0.717, 1.165) is 56.1 Å². The van der Waals surface area contributed by atoms with Crippen molar-refractivity contribution < 1.29 is 9.18 Å². The highest BCUT2D eigenvalue weighted by Crippen LogP contribution is 2.20. The quantitative estimate of drug-likeness (QED) is 0.303. The molecule has 0 bridgehead atoms. The molecule has 2 N–H and O–H groups in total. The van der Waals surface area contributed by atoms with Crippen LogP contribution in [0.25, 0.3) is 0 Å². The number of nitrogens with one attached hydrogen (secondary N) is 2. The Kier molecular flexibility index (Phi) is 10.9. The molecule has 33 heavy (non-hydrogen) atoms. The van der Waals surface area contributed by atoms with Crippen molar-refractivity contribution in [2.24, 2.45) is 4.99 Å². The third-order valence-electron chi connectivity index (χ3n) is 5.60. The molecule has 1 fully saturated rings. The molecule has 0 atom stereocenters. The molecule has 1 aliphatic rings. The van der Waals surface area contributed by atoms with E-state index in [1.807, 2.05) is 30.3 Å². The number of carbonyl (C=O) groups excluding carboxylic acids is 1. The van der Waals surface area contributed by atoms with E-state index in [0.29, 0.717) is 18.2 Å². The number of anilines is 1. The number of halogens is 2. The molecule has 180 valence electrons. The Morgan fingerprint density at radius 3 is 2.55 bits per heavy atom. The lowest BCUT2D eigenvalue weighted by molar-refractivity contribution is 0.0827. The normalized spacial score (nSPS) is 14.4. The van der Waals surface area contributed by atoms with Crippen LogP contribution in [0.15, 0.2) is 53.5 Å². The van der Waals surface area contributed by atoms with Crippen LogP contribution in [0.3, 0.4) is 0 Å². The number of hydrogen-bond acceptors (Lipinski definition) is 3. The standard InChI is InChI=1S/C25H34FN5O.HI/c1-4-27-25(28-14-11-19-7-5-8-20(17-19)24(32)30(2)3)29-22-12-15-31(16-13-22)23-10-6-9-21(26)18-23;/h5-10,17-18,22H,4,11-16H2,1-3H3,(H2,27,28,29);1H. The summed E-state index contributed by atoms with van der Waals surface area (Å²) in [6, 6.07) is 14.9. The molecule has 0 spiro atoms. The summed E-state index contributed by atoms with van der Waals surface area (Å²) < 4.78 is 13.5. The van der Waals surface area contributed by atoms with E-state index >= 15 is 0 Å². The van der Waals surface area contributed by atoms with Gasteiger partial charge in [-0.1, -0.05) is 18.2 Å². The van der Waals surface area contributed by atoms with Gasteiger partial charge in [-0.15, -0.1) is 24.0 Å². The minimum absolute atomic E-state index is 0. The van der Waals surface area contributed by atoms with Crippen LogP contribution in [-0.2, 0) is 6.42 Å². The van der Waals surface area contributed by atoms with Crippen molar-refractivity contribution in [1.29, 1.82) is 0 Å². The van der Waals surface area contributed by atoms with Crippen molar-refractivity contribution in [1.82, 2.24) is 15.5 Å². The second-order valence-electron chi connectivity index (χ2n) is 8.30. The molecule has 2 aromatic carbocycles. The van der Waals surface area contributed by atoms with E-state index in [1.165, 1.54) is 6.07 Å². The largest absolute Gasteiger partial charge is 0.371 e. The number of aliphatic imine (C=N–C) groups is 1. The molecule has 2 aromatic rings. The third-order valence-corrected chi connectivity index (χ3v) is 5.60. The topological polar surface area (TPSA) is 60.0 Å². The van der Waals surface area contributed by atoms with Crippen molar-refractivity contribution in [2.75, 3.05) is 45.2 Å². The van der Waals surface area contributed by atoms with Gasteiger partial charge in [-0.25, -0.2) is 4.39 Å². The number of amides is 1. The molecule has 1 aliphatic heterocycles. The molecule has 0 saturated carbocycles. The SMILES string of the molecule is CCNC(=NCCc1cccc(C(=O)N(C)C)c1)NC1CCN(c2cccc(F)c2)CC1.I. The first-order valence-corrected chi connectivity index (χ1v) is 11.3. The lowest BCUT2D eigenvalue weighted by Gasteiger charge is -2.34. The first-order valence-electron chi connectivity index (χ1n) is 11.3. The van der Waals surface area contributed by atoms with Gasteiger partial charge in [0.2, 0.25) is 0 Å². The summed E-state index contributed by atoms with van der Waals surface area (Å²) in [4.78, 5) is 20.7. The molecule has 0 radical (unpaired) electrons. The van der Waals surface area contributed by atoms with E-state index in [4.69, 9.17) is 4.99 Å². The Morgan fingerprint density at radius 2 is 1.88 bits per heavy atom. The Labute approximate surface area is 213 Å². The predicted molar refractivity (Wildman–Crippen MR) is 144 cm³/mol. The fraction of sp³-hybridized carbons (Fsp3) is 0.440. The van der Waals surface area contributed by atoms with Gasteiger partial charge in [0, 0.05) is 57.6 Å². The highest BCUT2D eigenvalue weighted by molar-refractivity contribution is 14.0. The molecular weight excluding hydrogens is 532 g/mol. The number of guanidine groups is 1. The fourth-order valence-electron chi connectivity index (χ4n) is 3.88. The van der Waals surface area contributed by atoms with Crippen LogP contribution in [-0.4, -0.2) is 63.1 Å². The van der Waals surface area contributed by atoms with Crippen LogP contribution in [0, 0.1) is 5.82 Å². The van der Waals surface area contributed by atoms with Crippen molar-refractivity contribution in [2.45, 2.75) is 32.2 Å². The van der Waals surface area contributed by atoms with Gasteiger partial charge >= 0.3 is 0 Å². The molecule has 1 amide bonds. The molecule has 8 heteroatoms. The maximum absolute atomic E-state index is 13.5. The highest BCUT2D eigenvalue weighted by atomic mass is 127. The summed E-state index contributed by atoms with van der Waals surface area (Å²) in [6.45, 7) is 5.25. The van der Waals surface area contributed by atoms with E-state index in [2.05, 4.69) is 22.5 Å². The average molecular weight is 567 g/mol. The zero-order chi connectivity index (χ0) is 22.9. The molecule has 0 aliphatic carbocycles. The highest BCUT2D eigenvalue weighted by Gasteiger charge is 2.20. The summed E-state index contributed by atoms with van der Waals surface area (Å²) in [5, 5.41) is 6.87. The summed E-state index contributed by atoms with van der Waals surface area (Å²) in [5.74, 6) is 0.632. The first kappa shape index (κ1) is 26.9. The monoisotopic (exact) mass is 567 g/mol. The van der Waals surface area contributed by atoms with Gasteiger partial charge in [0.05, 0.1) is 0 Å². The van der Waals surface area contributed by atoms with E-state index in [1.54, 1.807) is 31.1 Å². The molecule has 0 aromatic heterocycles. The molecule has 3 rings (SSSR count). The van der Waals surface area contributed by atoms with Gasteiger partial charge < -0.3 is 20.4 Å². The van der Waals surface area contributed by atoms with Gasteiger partial charge in [0.1, 0.15) is 5.82 Å². The Balaban J connectivity index is 0.00000385. The fourth-order valence-corrected chi connectivity index (χ4v) is 3.88. The number of hydrogen-bond donors (Lipinski definition) is 2. The Hall–Kier alpha value is -2.36. The third kappa shape index (κ3) is 8.17. The van der Waals surface area contributed by atoms with Crippen LogP contribution in [0.1, 0.15) is 35.7 Å². The summed E-state index contributed by atoms with van der Waals surface area (Å²) in [7, 11) is 3.52. The van der Waals surface area contributed by atoms with Crippen LogP contribution in [0.2, 0.25) is 0 Å². The van der Waals surface area contributed by atoms with Crippen LogP contribution in [0.4, 0.5) is 10.1 Å². The zero-order valence-corrected chi connectivity index (χ0v) is 22.0. The van der Waals surface area contributed by atoms with E-state index < -0.39 is 0 Å². The Morgan fingerprint density at radius 1 is 1.15 bits per heavy atom. The molecule has 6 nitrogen and oxygen atoms in total. The number of nitrogens with zero attached hydrogens (tertiary/aromatic N) is 3. The first-order chi connectivity index (χ1) is 15.5. The number of piperidine rings is 1. The van der Waals surface area contributed by atoms with Gasteiger partial charge in [0.25, 0.3) is 5.91 Å². The van der Waals surface area contributed by atoms with Crippen LogP contribution < -0.4 is 15.5 Å². The van der Waals surface area contributed by atoms with Gasteiger partial charge in [0.15, 0.2) is 5.96 Å². The second kappa shape index (κ2) is 13.4. The summed E-state index contributed by atoms with van der Waals surface area (Å²) >= 11 is 0. The Bertz CT molecular complexity index is 929. The smallest absolute Gasteiger partial charge is 0.253 e.